The lowest BCUT2D eigenvalue weighted by Gasteiger charge is -2.39. The van der Waals surface area contributed by atoms with E-state index in [0.29, 0.717) is 11.5 Å². The highest BCUT2D eigenvalue weighted by molar-refractivity contribution is 5.60. The molecule has 0 aromatic heterocycles. The highest BCUT2D eigenvalue weighted by Crippen LogP contribution is 2.38. The largest absolute Gasteiger partial charge is 0.371 e. The summed E-state index contributed by atoms with van der Waals surface area (Å²) in [4.78, 5) is 2.32. The van der Waals surface area contributed by atoms with Gasteiger partial charge in [-0.1, -0.05) is 19.9 Å². The Morgan fingerprint density at radius 2 is 2.00 bits per heavy atom. The summed E-state index contributed by atoms with van der Waals surface area (Å²) in [5.41, 5.74) is 3.50. The van der Waals surface area contributed by atoms with Crippen LogP contribution < -0.4 is 10.2 Å². The molecule has 0 amide bonds. The molecule has 3 heteroatoms. The maximum Gasteiger partial charge on any atom is 0.101 e. The third-order valence-corrected chi connectivity index (χ3v) is 4.80. The normalized spacial score (nSPS) is 18.2. The molecule has 0 radical (unpaired) electrons. The van der Waals surface area contributed by atoms with Gasteiger partial charge in [0.2, 0.25) is 0 Å². The van der Waals surface area contributed by atoms with E-state index in [1.807, 2.05) is 13.1 Å². The zero-order chi connectivity index (χ0) is 15.5. The van der Waals surface area contributed by atoms with Crippen molar-refractivity contribution >= 4 is 5.69 Å². The quantitative estimate of drug-likeness (QED) is 0.917. The molecule has 0 atom stereocenters. The van der Waals surface area contributed by atoms with Crippen LogP contribution in [0.2, 0.25) is 0 Å². The van der Waals surface area contributed by atoms with E-state index in [2.05, 4.69) is 49.3 Å². The fourth-order valence-corrected chi connectivity index (χ4v) is 3.26. The van der Waals surface area contributed by atoms with E-state index in [4.69, 9.17) is 0 Å². The van der Waals surface area contributed by atoms with Crippen LogP contribution in [0, 0.1) is 16.7 Å². The van der Waals surface area contributed by atoms with Gasteiger partial charge in [-0.3, -0.25) is 0 Å². The molecule has 2 rings (SSSR count). The summed E-state index contributed by atoms with van der Waals surface area (Å²) in [7, 11) is 4.06. The predicted molar refractivity (Wildman–Crippen MR) is 88.4 cm³/mol. The summed E-state index contributed by atoms with van der Waals surface area (Å²) in [6, 6.07) is 9.15. The van der Waals surface area contributed by atoms with Crippen LogP contribution in [-0.2, 0) is 6.54 Å². The molecule has 21 heavy (non-hydrogen) atoms. The maximum atomic E-state index is 9.44. The second kappa shape index (κ2) is 6.49. The number of benzene rings is 1. The van der Waals surface area contributed by atoms with Gasteiger partial charge in [-0.15, -0.1) is 0 Å². The van der Waals surface area contributed by atoms with Gasteiger partial charge in [0.25, 0.3) is 0 Å². The molecular weight excluding hydrogens is 258 g/mol. The summed E-state index contributed by atoms with van der Waals surface area (Å²) in [5.74, 6) is 0. The fourth-order valence-electron chi connectivity index (χ4n) is 3.26. The Kier molecular flexibility index (Phi) is 4.90. The van der Waals surface area contributed by atoms with Crippen molar-refractivity contribution in [2.45, 2.75) is 52.1 Å². The zero-order valence-electron chi connectivity index (χ0n) is 13.7. The lowest BCUT2D eigenvalue weighted by Crippen LogP contribution is -2.37. The van der Waals surface area contributed by atoms with Crippen molar-refractivity contribution < 1.29 is 0 Å². The van der Waals surface area contributed by atoms with Crippen molar-refractivity contribution in [3.05, 3.63) is 29.3 Å². The monoisotopic (exact) mass is 285 g/mol. The van der Waals surface area contributed by atoms with Crippen molar-refractivity contribution in [2.75, 3.05) is 19.0 Å². The van der Waals surface area contributed by atoms with Gasteiger partial charge < -0.3 is 10.2 Å². The summed E-state index contributed by atoms with van der Waals surface area (Å²) in [6.07, 6.45) is 4.96. The third-order valence-electron chi connectivity index (χ3n) is 4.80. The molecule has 0 aliphatic heterocycles. The molecule has 0 saturated heterocycles. The second-order valence-corrected chi connectivity index (χ2v) is 7.00. The summed E-state index contributed by atoms with van der Waals surface area (Å²) in [6.45, 7) is 5.52. The Balaban J connectivity index is 2.16. The Morgan fingerprint density at radius 3 is 2.57 bits per heavy atom. The maximum absolute atomic E-state index is 9.44. The van der Waals surface area contributed by atoms with Crippen LogP contribution >= 0.6 is 0 Å². The van der Waals surface area contributed by atoms with E-state index >= 15 is 0 Å². The van der Waals surface area contributed by atoms with Crippen molar-refractivity contribution in [3.8, 4) is 6.07 Å². The molecule has 1 aromatic rings. The van der Waals surface area contributed by atoms with E-state index in [1.165, 1.54) is 25.7 Å². The number of anilines is 1. The van der Waals surface area contributed by atoms with Gasteiger partial charge in [-0.2, -0.15) is 5.26 Å². The van der Waals surface area contributed by atoms with E-state index in [1.54, 1.807) is 0 Å². The minimum Gasteiger partial charge on any atom is -0.371 e. The van der Waals surface area contributed by atoms with Gasteiger partial charge >= 0.3 is 0 Å². The highest BCUT2D eigenvalue weighted by Gasteiger charge is 2.29. The number of nitrogens with one attached hydrogen (secondary N) is 1. The SMILES string of the molecule is CNCc1ccc(N(C)C2CCC(C)(C)CC2)c(C#N)c1. The third kappa shape index (κ3) is 3.77. The summed E-state index contributed by atoms with van der Waals surface area (Å²) < 4.78 is 0. The predicted octanol–water partition coefficient (Wildman–Crippen LogP) is 3.68. The zero-order valence-corrected chi connectivity index (χ0v) is 13.7. The molecule has 0 spiro atoms. The number of hydrogen-bond acceptors (Lipinski definition) is 3. The van der Waals surface area contributed by atoms with Gasteiger partial charge in [-0.25, -0.2) is 0 Å². The molecule has 3 nitrogen and oxygen atoms in total. The molecule has 1 N–H and O–H groups in total. The Labute approximate surface area is 129 Å². The number of nitrogens with zero attached hydrogens (tertiary/aromatic N) is 2. The summed E-state index contributed by atoms with van der Waals surface area (Å²) in [5, 5.41) is 12.6. The molecule has 1 fully saturated rings. The van der Waals surface area contributed by atoms with Crippen molar-refractivity contribution in [1.82, 2.24) is 5.32 Å². The molecule has 114 valence electrons. The van der Waals surface area contributed by atoms with E-state index < -0.39 is 0 Å². The smallest absolute Gasteiger partial charge is 0.101 e. The minimum absolute atomic E-state index is 0.478. The van der Waals surface area contributed by atoms with Crippen LogP contribution in [0.4, 0.5) is 5.69 Å². The highest BCUT2D eigenvalue weighted by atomic mass is 15.1. The van der Waals surface area contributed by atoms with E-state index in [9.17, 15) is 5.26 Å². The van der Waals surface area contributed by atoms with Crippen LogP contribution in [-0.4, -0.2) is 20.1 Å². The second-order valence-electron chi connectivity index (χ2n) is 7.00. The first-order valence-electron chi connectivity index (χ1n) is 7.87. The molecule has 1 aliphatic carbocycles. The van der Waals surface area contributed by atoms with Crippen LogP contribution in [0.3, 0.4) is 0 Å². The van der Waals surface area contributed by atoms with Crippen LogP contribution in [0.5, 0.6) is 0 Å². The summed E-state index contributed by atoms with van der Waals surface area (Å²) >= 11 is 0. The van der Waals surface area contributed by atoms with Gasteiger partial charge in [0.1, 0.15) is 6.07 Å². The number of rotatable bonds is 4. The lowest BCUT2D eigenvalue weighted by atomic mass is 9.75. The first-order valence-corrected chi connectivity index (χ1v) is 7.87. The molecular formula is C18H27N3. The molecule has 1 aliphatic rings. The van der Waals surface area contributed by atoms with Gasteiger partial charge in [0, 0.05) is 19.6 Å². The van der Waals surface area contributed by atoms with Gasteiger partial charge in [-0.05, 0) is 55.8 Å². The van der Waals surface area contributed by atoms with Gasteiger partial charge in [0.05, 0.1) is 11.3 Å². The minimum atomic E-state index is 0.478. The first-order chi connectivity index (χ1) is 9.96. The fraction of sp³-hybridized carbons (Fsp3) is 0.611. The van der Waals surface area contributed by atoms with Crippen LogP contribution in [0.15, 0.2) is 18.2 Å². The molecule has 1 aromatic carbocycles. The molecule has 0 heterocycles. The average molecular weight is 285 g/mol. The number of hydrogen-bond donors (Lipinski definition) is 1. The van der Waals surface area contributed by atoms with E-state index in [-0.39, 0.29) is 0 Å². The average Bonchev–Trinajstić information content (AvgIpc) is 2.47. The van der Waals surface area contributed by atoms with Crippen molar-refractivity contribution in [3.63, 3.8) is 0 Å². The Bertz CT molecular complexity index is 518. The van der Waals surface area contributed by atoms with Gasteiger partial charge in [0.15, 0.2) is 0 Å². The number of nitriles is 1. The topological polar surface area (TPSA) is 39.1 Å². The van der Waals surface area contributed by atoms with Crippen LogP contribution in [0.1, 0.15) is 50.7 Å². The van der Waals surface area contributed by atoms with E-state index in [0.717, 1.165) is 23.4 Å². The Morgan fingerprint density at radius 1 is 1.33 bits per heavy atom. The lowest BCUT2D eigenvalue weighted by molar-refractivity contribution is 0.222. The standard InChI is InChI=1S/C18H27N3/c1-18(2)9-7-16(8-10-18)21(4)17-6-5-14(13-20-3)11-15(17)12-19/h5-6,11,16,20H,7-10,13H2,1-4H3. The Hall–Kier alpha value is -1.53. The van der Waals surface area contributed by atoms with Crippen LogP contribution in [0.25, 0.3) is 0 Å². The first kappa shape index (κ1) is 15.9. The molecule has 0 unspecified atom stereocenters. The van der Waals surface area contributed by atoms with Crippen molar-refractivity contribution in [1.29, 1.82) is 5.26 Å². The van der Waals surface area contributed by atoms with Crippen molar-refractivity contribution in [2.24, 2.45) is 5.41 Å². The molecule has 0 bridgehead atoms. The molecule has 1 saturated carbocycles.